The van der Waals surface area contributed by atoms with Crippen LogP contribution in [0.15, 0.2) is 18.2 Å². The van der Waals surface area contributed by atoms with Gasteiger partial charge in [0.2, 0.25) is 0 Å². The van der Waals surface area contributed by atoms with E-state index in [4.69, 9.17) is 0 Å². The van der Waals surface area contributed by atoms with Gasteiger partial charge in [0.15, 0.2) is 11.6 Å². The summed E-state index contributed by atoms with van der Waals surface area (Å²) in [4.78, 5) is 0. The van der Waals surface area contributed by atoms with E-state index >= 15 is 0 Å². The molecule has 0 fully saturated rings. The highest BCUT2D eigenvalue weighted by molar-refractivity contribution is 5.21. The third kappa shape index (κ3) is 4.55. The van der Waals surface area contributed by atoms with Crippen LogP contribution >= 0.6 is 0 Å². The maximum Gasteiger partial charge on any atom is 0.159 e. The molecule has 0 saturated carbocycles. The number of aliphatic hydroxyl groups is 1. The lowest BCUT2D eigenvalue weighted by Gasteiger charge is -2.28. The smallest absolute Gasteiger partial charge is 0.159 e. The molecule has 0 aliphatic carbocycles. The third-order valence-corrected chi connectivity index (χ3v) is 3.25. The van der Waals surface area contributed by atoms with Gasteiger partial charge in [0, 0.05) is 6.04 Å². The first-order chi connectivity index (χ1) is 8.97. The summed E-state index contributed by atoms with van der Waals surface area (Å²) < 4.78 is 26.1. The Morgan fingerprint density at radius 2 is 1.89 bits per heavy atom. The molecule has 0 aromatic heterocycles. The van der Waals surface area contributed by atoms with Gasteiger partial charge < -0.3 is 10.4 Å². The second kappa shape index (κ2) is 7.56. The van der Waals surface area contributed by atoms with Crippen molar-refractivity contribution in [2.45, 2.75) is 45.8 Å². The van der Waals surface area contributed by atoms with E-state index in [1.165, 1.54) is 6.07 Å². The third-order valence-electron chi connectivity index (χ3n) is 3.25. The van der Waals surface area contributed by atoms with Crippen molar-refractivity contribution in [2.24, 2.45) is 5.92 Å². The Kier molecular flexibility index (Phi) is 6.38. The monoisotopic (exact) mass is 271 g/mol. The van der Waals surface area contributed by atoms with Crippen LogP contribution in [-0.2, 0) is 0 Å². The van der Waals surface area contributed by atoms with Crippen LogP contribution in [0.1, 0.15) is 45.3 Å². The Morgan fingerprint density at radius 3 is 2.42 bits per heavy atom. The number of hydrogen-bond donors (Lipinski definition) is 2. The summed E-state index contributed by atoms with van der Waals surface area (Å²) in [5.41, 5.74) is 0.404. The minimum absolute atomic E-state index is 0.170. The Morgan fingerprint density at radius 1 is 1.21 bits per heavy atom. The molecular formula is C15H23F2NO. The molecule has 0 aliphatic rings. The van der Waals surface area contributed by atoms with Gasteiger partial charge in [-0.15, -0.1) is 0 Å². The molecule has 0 aliphatic heterocycles. The molecular weight excluding hydrogens is 248 g/mol. The molecule has 19 heavy (non-hydrogen) atoms. The SMILES string of the molecule is CCCCNC(C(C)C)C(O)c1ccc(F)c(F)c1. The van der Waals surface area contributed by atoms with E-state index in [2.05, 4.69) is 12.2 Å². The molecule has 1 aromatic rings. The van der Waals surface area contributed by atoms with E-state index in [0.717, 1.165) is 31.5 Å². The summed E-state index contributed by atoms with van der Waals surface area (Å²) in [5, 5.41) is 13.6. The standard InChI is InChI=1S/C15H23F2NO/c1-4-5-8-18-14(10(2)3)15(19)11-6-7-12(16)13(17)9-11/h6-7,9-10,14-15,18-19H,4-5,8H2,1-3H3. The maximum absolute atomic E-state index is 13.2. The molecule has 1 rings (SSSR count). The number of halogens is 2. The molecule has 0 heterocycles. The molecule has 2 nitrogen and oxygen atoms in total. The molecule has 1 aromatic carbocycles. The largest absolute Gasteiger partial charge is 0.387 e. The van der Waals surface area contributed by atoms with E-state index in [-0.39, 0.29) is 12.0 Å². The van der Waals surface area contributed by atoms with E-state index in [0.29, 0.717) is 5.56 Å². The maximum atomic E-state index is 13.2. The van der Waals surface area contributed by atoms with Crippen LogP contribution in [0.25, 0.3) is 0 Å². The van der Waals surface area contributed by atoms with Gasteiger partial charge in [0.05, 0.1) is 6.10 Å². The Balaban J connectivity index is 2.80. The number of rotatable bonds is 7. The summed E-state index contributed by atoms with van der Waals surface area (Å²) in [5.74, 6) is -1.62. The van der Waals surface area contributed by atoms with E-state index < -0.39 is 17.7 Å². The summed E-state index contributed by atoms with van der Waals surface area (Å²) in [6.45, 7) is 6.89. The van der Waals surface area contributed by atoms with Crippen molar-refractivity contribution < 1.29 is 13.9 Å². The molecule has 4 heteroatoms. The van der Waals surface area contributed by atoms with E-state index in [1.54, 1.807) is 0 Å². The number of aliphatic hydroxyl groups excluding tert-OH is 1. The minimum atomic E-state index is -0.924. The lowest BCUT2D eigenvalue weighted by atomic mass is 9.93. The Hall–Kier alpha value is -1.00. The molecule has 2 N–H and O–H groups in total. The zero-order chi connectivity index (χ0) is 14.4. The topological polar surface area (TPSA) is 32.3 Å². The van der Waals surface area contributed by atoms with Crippen molar-refractivity contribution in [3.63, 3.8) is 0 Å². The lowest BCUT2D eigenvalue weighted by molar-refractivity contribution is 0.105. The zero-order valence-electron chi connectivity index (χ0n) is 11.8. The fourth-order valence-electron chi connectivity index (χ4n) is 2.06. The molecule has 0 amide bonds. The van der Waals surface area contributed by atoms with Gasteiger partial charge >= 0.3 is 0 Å². The minimum Gasteiger partial charge on any atom is -0.387 e. The summed E-state index contributed by atoms with van der Waals surface area (Å²) in [6.07, 6.45) is 1.25. The van der Waals surface area contributed by atoms with Crippen molar-refractivity contribution in [3.05, 3.63) is 35.4 Å². The van der Waals surface area contributed by atoms with Crippen molar-refractivity contribution in [1.29, 1.82) is 0 Å². The van der Waals surface area contributed by atoms with E-state index in [9.17, 15) is 13.9 Å². The molecule has 0 radical (unpaired) electrons. The Bertz CT molecular complexity index is 396. The average Bonchev–Trinajstić information content (AvgIpc) is 2.37. The van der Waals surface area contributed by atoms with Gasteiger partial charge in [-0.25, -0.2) is 8.78 Å². The molecule has 0 spiro atoms. The number of hydrogen-bond acceptors (Lipinski definition) is 2. The first-order valence-corrected chi connectivity index (χ1v) is 6.83. The van der Waals surface area contributed by atoms with Gasteiger partial charge in [0.1, 0.15) is 0 Å². The van der Waals surface area contributed by atoms with Crippen molar-refractivity contribution >= 4 is 0 Å². The molecule has 0 saturated heterocycles. The lowest BCUT2D eigenvalue weighted by Crippen LogP contribution is -2.39. The first-order valence-electron chi connectivity index (χ1n) is 6.83. The summed E-state index contributed by atoms with van der Waals surface area (Å²) >= 11 is 0. The molecule has 0 bridgehead atoms. The van der Waals surface area contributed by atoms with Crippen molar-refractivity contribution in [3.8, 4) is 0 Å². The van der Waals surface area contributed by atoms with Gasteiger partial charge in [0.25, 0.3) is 0 Å². The van der Waals surface area contributed by atoms with Gasteiger partial charge in [-0.05, 0) is 36.6 Å². The van der Waals surface area contributed by atoms with Gasteiger partial charge in [-0.3, -0.25) is 0 Å². The highest BCUT2D eigenvalue weighted by Crippen LogP contribution is 2.23. The van der Waals surface area contributed by atoms with Crippen LogP contribution in [0.5, 0.6) is 0 Å². The molecule has 2 atom stereocenters. The molecule has 108 valence electrons. The van der Waals surface area contributed by atoms with E-state index in [1.807, 2.05) is 13.8 Å². The average molecular weight is 271 g/mol. The van der Waals surface area contributed by atoms with Crippen molar-refractivity contribution in [2.75, 3.05) is 6.54 Å². The number of unbranched alkanes of at least 4 members (excludes halogenated alkanes) is 1. The summed E-state index contributed by atoms with van der Waals surface area (Å²) in [6, 6.07) is 3.38. The van der Waals surface area contributed by atoms with Crippen LogP contribution in [-0.4, -0.2) is 17.7 Å². The highest BCUT2D eigenvalue weighted by Gasteiger charge is 2.24. The fourth-order valence-corrected chi connectivity index (χ4v) is 2.06. The van der Waals surface area contributed by atoms with Gasteiger partial charge in [-0.1, -0.05) is 33.3 Å². The van der Waals surface area contributed by atoms with Crippen LogP contribution < -0.4 is 5.32 Å². The van der Waals surface area contributed by atoms with Crippen molar-refractivity contribution in [1.82, 2.24) is 5.32 Å². The second-order valence-corrected chi connectivity index (χ2v) is 5.20. The van der Waals surface area contributed by atoms with Crippen LogP contribution in [0.4, 0.5) is 8.78 Å². The second-order valence-electron chi connectivity index (χ2n) is 5.20. The Labute approximate surface area is 113 Å². The zero-order valence-corrected chi connectivity index (χ0v) is 11.8. The van der Waals surface area contributed by atoms with Crippen LogP contribution in [0, 0.1) is 17.6 Å². The molecule has 2 unspecified atom stereocenters. The predicted molar refractivity (Wildman–Crippen MR) is 72.9 cm³/mol. The fraction of sp³-hybridized carbons (Fsp3) is 0.600. The highest BCUT2D eigenvalue weighted by atomic mass is 19.2. The number of nitrogens with one attached hydrogen (secondary N) is 1. The quantitative estimate of drug-likeness (QED) is 0.745. The first kappa shape index (κ1) is 16.1. The van der Waals surface area contributed by atoms with Crippen LogP contribution in [0.2, 0.25) is 0 Å². The number of benzene rings is 1. The normalized spacial score (nSPS) is 14.7. The van der Waals surface area contributed by atoms with Gasteiger partial charge in [-0.2, -0.15) is 0 Å². The summed E-state index contributed by atoms with van der Waals surface area (Å²) in [7, 11) is 0. The predicted octanol–water partition coefficient (Wildman–Crippen LogP) is 3.41. The van der Waals surface area contributed by atoms with Crippen LogP contribution in [0.3, 0.4) is 0 Å².